The molecule has 0 aliphatic carbocycles. The Morgan fingerprint density at radius 1 is 1.63 bits per heavy atom. The molecule has 1 atom stereocenters. The number of hydrogen-bond acceptors (Lipinski definition) is 4. The number of anilines is 1. The number of amides is 1. The number of carbonyl (C=O) groups is 1. The van der Waals surface area contributed by atoms with Crippen molar-refractivity contribution in [2.45, 2.75) is 13.0 Å². The number of ether oxygens (including phenoxy) is 1. The maximum Gasteiger partial charge on any atom is 0.242 e. The summed E-state index contributed by atoms with van der Waals surface area (Å²) in [4.78, 5) is 12.1. The SMILES string of the molecule is CCOc1ccc(Cl)cc1NC(=O)C1CSCCN1. The maximum absolute atomic E-state index is 12.1. The largest absolute Gasteiger partial charge is 0.492 e. The van der Waals surface area contributed by atoms with Gasteiger partial charge in [0.15, 0.2) is 0 Å². The summed E-state index contributed by atoms with van der Waals surface area (Å²) in [7, 11) is 0. The van der Waals surface area contributed by atoms with E-state index in [4.69, 9.17) is 16.3 Å². The van der Waals surface area contributed by atoms with Gasteiger partial charge in [0.1, 0.15) is 5.75 Å². The normalized spacial score (nSPS) is 18.9. The van der Waals surface area contributed by atoms with Crippen LogP contribution in [0.1, 0.15) is 6.92 Å². The molecule has 1 fully saturated rings. The Morgan fingerprint density at radius 2 is 2.47 bits per heavy atom. The number of hydrogen-bond donors (Lipinski definition) is 2. The smallest absolute Gasteiger partial charge is 0.242 e. The lowest BCUT2D eigenvalue weighted by molar-refractivity contribution is -0.117. The summed E-state index contributed by atoms with van der Waals surface area (Å²) in [6.07, 6.45) is 0. The van der Waals surface area contributed by atoms with Crippen LogP contribution < -0.4 is 15.4 Å². The molecule has 4 nitrogen and oxygen atoms in total. The predicted octanol–water partition coefficient (Wildman–Crippen LogP) is 2.38. The highest BCUT2D eigenvalue weighted by Crippen LogP contribution is 2.28. The zero-order valence-electron chi connectivity index (χ0n) is 10.7. The maximum atomic E-state index is 12.1. The van der Waals surface area contributed by atoms with E-state index in [-0.39, 0.29) is 11.9 Å². The molecule has 0 radical (unpaired) electrons. The van der Waals surface area contributed by atoms with Gasteiger partial charge in [-0.15, -0.1) is 0 Å². The van der Waals surface area contributed by atoms with E-state index in [0.717, 1.165) is 18.1 Å². The zero-order chi connectivity index (χ0) is 13.7. The standard InChI is InChI=1S/C13H17ClN2O2S/c1-2-18-12-4-3-9(14)7-10(12)16-13(17)11-8-19-6-5-15-11/h3-4,7,11,15H,2,5-6,8H2,1H3,(H,16,17). The molecular formula is C13H17ClN2O2S. The number of halogens is 1. The van der Waals surface area contributed by atoms with Gasteiger partial charge in [-0.2, -0.15) is 11.8 Å². The van der Waals surface area contributed by atoms with Gasteiger partial charge in [0, 0.05) is 23.1 Å². The second-order valence-corrected chi connectivity index (χ2v) is 5.73. The van der Waals surface area contributed by atoms with Crippen LogP contribution >= 0.6 is 23.4 Å². The molecule has 104 valence electrons. The van der Waals surface area contributed by atoms with Crippen LogP contribution in [0.5, 0.6) is 5.75 Å². The topological polar surface area (TPSA) is 50.4 Å². The number of nitrogens with one attached hydrogen (secondary N) is 2. The van der Waals surface area contributed by atoms with Gasteiger partial charge < -0.3 is 15.4 Å². The average molecular weight is 301 g/mol. The molecule has 0 aromatic heterocycles. The second kappa shape index (κ2) is 7.03. The van der Waals surface area contributed by atoms with E-state index in [2.05, 4.69) is 10.6 Å². The third-order valence-electron chi connectivity index (χ3n) is 2.74. The van der Waals surface area contributed by atoms with Gasteiger partial charge in [-0.3, -0.25) is 4.79 Å². The molecule has 1 aromatic rings. The van der Waals surface area contributed by atoms with Crippen LogP contribution in [0.3, 0.4) is 0 Å². The Labute approximate surface area is 122 Å². The molecule has 2 rings (SSSR count). The van der Waals surface area contributed by atoms with Gasteiger partial charge in [0.25, 0.3) is 0 Å². The Hall–Kier alpha value is -0.910. The van der Waals surface area contributed by atoms with E-state index in [9.17, 15) is 4.79 Å². The Bertz CT molecular complexity index is 450. The molecule has 0 saturated carbocycles. The van der Waals surface area contributed by atoms with E-state index in [1.807, 2.05) is 6.92 Å². The first kappa shape index (κ1) is 14.5. The van der Waals surface area contributed by atoms with Crippen LogP contribution in [0.15, 0.2) is 18.2 Å². The summed E-state index contributed by atoms with van der Waals surface area (Å²) in [5, 5.41) is 6.65. The summed E-state index contributed by atoms with van der Waals surface area (Å²) < 4.78 is 5.48. The third-order valence-corrected chi connectivity index (χ3v) is 4.03. The Kier molecular flexibility index (Phi) is 5.36. The van der Waals surface area contributed by atoms with Crippen molar-refractivity contribution in [1.29, 1.82) is 0 Å². The van der Waals surface area contributed by atoms with E-state index < -0.39 is 0 Å². The highest BCUT2D eigenvalue weighted by atomic mass is 35.5. The van der Waals surface area contributed by atoms with Crippen molar-refractivity contribution in [2.75, 3.05) is 30.0 Å². The molecule has 1 aliphatic heterocycles. The lowest BCUT2D eigenvalue weighted by Gasteiger charge is -2.22. The minimum absolute atomic E-state index is 0.0459. The molecule has 2 N–H and O–H groups in total. The first-order valence-corrected chi connectivity index (χ1v) is 7.78. The molecule has 1 aliphatic rings. The highest BCUT2D eigenvalue weighted by molar-refractivity contribution is 7.99. The average Bonchev–Trinajstić information content (AvgIpc) is 2.43. The lowest BCUT2D eigenvalue weighted by atomic mass is 10.2. The summed E-state index contributed by atoms with van der Waals surface area (Å²) in [5.74, 6) is 2.43. The molecule has 0 spiro atoms. The quantitative estimate of drug-likeness (QED) is 0.896. The van der Waals surface area contributed by atoms with Crippen LogP contribution in [0.2, 0.25) is 5.02 Å². The third kappa shape index (κ3) is 4.03. The van der Waals surface area contributed by atoms with Gasteiger partial charge in [-0.05, 0) is 25.1 Å². The monoisotopic (exact) mass is 300 g/mol. The summed E-state index contributed by atoms with van der Waals surface area (Å²) in [6, 6.07) is 5.06. The van der Waals surface area contributed by atoms with E-state index in [1.165, 1.54) is 0 Å². The van der Waals surface area contributed by atoms with Crippen LogP contribution in [0.4, 0.5) is 5.69 Å². The highest BCUT2D eigenvalue weighted by Gasteiger charge is 2.21. The van der Waals surface area contributed by atoms with Crippen molar-refractivity contribution in [3.63, 3.8) is 0 Å². The molecule has 1 aromatic carbocycles. The number of rotatable bonds is 4. The van der Waals surface area contributed by atoms with Crippen molar-refractivity contribution in [3.8, 4) is 5.75 Å². The van der Waals surface area contributed by atoms with Gasteiger partial charge in [0.2, 0.25) is 5.91 Å². The molecule has 19 heavy (non-hydrogen) atoms. The van der Waals surface area contributed by atoms with Crippen molar-refractivity contribution < 1.29 is 9.53 Å². The van der Waals surface area contributed by atoms with Crippen molar-refractivity contribution >= 4 is 35.0 Å². The minimum Gasteiger partial charge on any atom is -0.492 e. The Balaban J connectivity index is 2.08. The van der Waals surface area contributed by atoms with E-state index in [0.29, 0.717) is 23.1 Å². The molecule has 6 heteroatoms. The Morgan fingerprint density at radius 3 is 3.16 bits per heavy atom. The van der Waals surface area contributed by atoms with Crippen molar-refractivity contribution in [2.24, 2.45) is 0 Å². The molecular weight excluding hydrogens is 284 g/mol. The second-order valence-electron chi connectivity index (χ2n) is 4.14. The predicted molar refractivity (Wildman–Crippen MR) is 80.4 cm³/mol. The van der Waals surface area contributed by atoms with Crippen molar-refractivity contribution in [1.82, 2.24) is 5.32 Å². The van der Waals surface area contributed by atoms with E-state index >= 15 is 0 Å². The number of thioether (sulfide) groups is 1. The fourth-order valence-corrected chi connectivity index (χ4v) is 2.94. The number of benzene rings is 1. The zero-order valence-corrected chi connectivity index (χ0v) is 12.3. The summed E-state index contributed by atoms with van der Waals surface area (Å²) in [5.41, 5.74) is 0.622. The fourth-order valence-electron chi connectivity index (χ4n) is 1.83. The molecule has 0 bridgehead atoms. The fraction of sp³-hybridized carbons (Fsp3) is 0.462. The van der Waals surface area contributed by atoms with Crippen LogP contribution in [0, 0.1) is 0 Å². The van der Waals surface area contributed by atoms with Crippen molar-refractivity contribution in [3.05, 3.63) is 23.2 Å². The van der Waals surface area contributed by atoms with Gasteiger partial charge >= 0.3 is 0 Å². The summed E-state index contributed by atoms with van der Waals surface area (Å²) in [6.45, 7) is 3.30. The van der Waals surface area contributed by atoms with Crippen LogP contribution in [-0.2, 0) is 4.79 Å². The number of carbonyl (C=O) groups excluding carboxylic acids is 1. The van der Waals surface area contributed by atoms with Gasteiger partial charge in [-0.1, -0.05) is 11.6 Å². The molecule has 1 unspecified atom stereocenters. The molecule has 1 amide bonds. The van der Waals surface area contributed by atoms with Crippen LogP contribution in [0.25, 0.3) is 0 Å². The minimum atomic E-state index is -0.160. The molecule has 1 saturated heterocycles. The molecule has 1 heterocycles. The summed E-state index contributed by atoms with van der Waals surface area (Å²) >= 11 is 7.74. The van der Waals surface area contributed by atoms with E-state index in [1.54, 1.807) is 30.0 Å². The van der Waals surface area contributed by atoms with Gasteiger partial charge in [-0.25, -0.2) is 0 Å². The van der Waals surface area contributed by atoms with Crippen LogP contribution in [-0.4, -0.2) is 36.6 Å². The first-order chi connectivity index (χ1) is 9.20. The first-order valence-electron chi connectivity index (χ1n) is 6.25. The lowest BCUT2D eigenvalue weighted by Crippen LogP contribution is -2.46. The van der Waals surface area contributed by atoms with Gasteiger partial charge in [0.05, 0.1) is 18.3 Å².